The van der Waals surface area contributed by atoms with E-state index < -0.39 is 0 Å². The molecular formula is C24H30N4O5. The minimum Gasteiger partial charge on any atom is -0.497 e. The topological polar surface area (TPSA) is 110 Å². The monoisotopic (exact) mass is 454 g/mol. The van der Waals surface area contributed by atoms with Crippen LogP contribution in [0, 0.1) is 0 Å². The van der Waals surface area contributed by atoms with Crippen LogP contribution in [-0.4, -0.2) is 60.5 Å². The molecule has 33 heavy (non-hydrogen) atoms. The SMILES string of the molecule is COc1ccc(CNC(=O)CN(C[C@@H]2CCCO2)C(=O)CCC(=O)Nc2ccccn2)cc1. The number of benzene rings is 1. The molecule has 2 heterocycles. The van der Waals surface area contributed by atoms with Gasteiger partial charge in [-0.05, 0) is 42.7 Å². The fraction of sp³-hybridized carbons (Fsp3) is 0.417. The van der Waals surface area contributed by atoms with Crippen LogP contribution in [0.1, 0.15) is 31.2 Å². The highest BCUT2D eigenvalue weighted by atomic mass is 16.5. The quantitative estimate of drug-likeness (QED) is 0.538. The summed E-state index contributed by atoms with van der Waals surface area (Å²) in [5, 5.41) is 5.51. The Kier molecular flexibility index (Phi) is 9.19. The van der Waals surface area contributed by atoms with Gasteiger partial charge in [-0.25, -0.2) is 4.98 Å². The number of carbonyl (C=O) groups excluding carboxylic acids is 3. The number of rotatable bonds is 11. The van der Waals surface area contributed by atoms with E-state index in [0.717, 1.165) is 24.2 Å². The van der Waals surface area contributed by atoms with Crippen molar-refractivity contribution in [3.05, 3.63) is 54.2 Å². The summed E-state index contributed by atoms with van der Waals surface area (Å²) in [7, 11) is 1.60. The van der Waals surface area contributed by atoms with Gasteiger partial charge in [-0.3, -0.25) is 14.4 Å². The first-order chi connectivity index (χ1) is 16.0. The summed E-state index contributed by atoms with van der Waals surface area (Å²) in [5.74, 6) is 0.342. The number of hydrogen-bond acceptors (Lipinski definition) is 6. The zero-order valence-electron chi connectivity index (χ0n) is 18.8. The van der Waals surface area contributed by atoms with Gasteiger partial charge < -0.3 is 25.0 Å². The molecule has 1 saturated heterocycles. The molecule has 3 rings (SSSR count). The van der Waals surface area contributed by atoms with E-state index in [2.05, 4.69) is 15.6 Å². The maximum atomic E-state index is 12.8. The van der Waals surface area contributed by atoms with Gasteiger partial charge in [-0.2, -0.15) is 0 Å². The average molecular weight is 455 g/mol. The Hall–Kier alpha value is -3.46. The van der Waals surface area contributed by atoms with Crippen LogP contribution in [0.15, 0.2) is 48.7 Å². The van der Waals surface area contributed by atoms with Crippen molar-refractivity contribution in [2.45, 2.75) is 38.3 Å². The highest BCUT2D eigenvalue weighted by Gasteiger charge is 2.24. The lowest BCUT2D eigenvalue weighted by molar-refractivity contribution is -0.138. The minimum atomic E-state index is -0.303. The number of hydrogen-bond donors (Lipinski definition) is 2. The molecule has 2 N–H and O–H groups in total. The first-order valence-corrected chi connectivity index (χ1v) is 11.0. The van der Waals surface area contributed by atoms with Crippen LogP contribution < -0.4 is 15.4 Å². The first kappa shape index (κ1) is 24.2. The summed E-state index contributed by atoms with van der Waals surface area (Å²) in [5.41, 5.74) is 0.923. The molecule has 9 heteroatoms. The third kappa shape index (κ3) is 8.19. The van der Waals surface area contributed by atoms with E-state index in [9.17, 15) is 14.4 Å². The molecule has 0 radical (unpaired) electrons. The van der Waals surface area contributed by atoms with Gasteiger partial charge in [0.25, 0.3) is 0 Å². The fourth-order valence-electron chi connectivity index (χ4n) is 3.48. The van der Waals surface area contributed by atoms with Crippen LogP contribution in [0.2, 0.25) is 0 Å². The van der Waals surface area contributed by atoms with Gasteiger partial charge in [0.2, 0.25) is 17.7 Å². The van der Waals surface area contributed by atoms with Crippen LogP contribution in [0.4, 0.5) is 5.82 Å². The number of amides is 3. The van der Waals surface area contributed by atoms with Gasteiger partial charge in [0, 0.05) is 38.7 Å². The van der Waals surface area contributed by atoms with Gasteiger partial charge in [-0.15, -0.1) is 0 Å². The van der Waals surface area contributed by atoms with E-state index in [0.29, 0.717) is 25.5 Å². The Morgan fingerprint density at radius 1 is 1.12 bits per heavy atom. The number of ether oxygens (including phenoxy) is 2. The number of nitrogens with one attached hydrogen (secondary N) is 2. The molecule has 1 aliphatic rings. The summed E-state index contributed by atoms with van der Waals surface area (Å²) in [6.45, 7) is 1.24. The zero-order valence-corrected chi connectivity index (χ0v) is 18.8. The Bertz CT molecular complexity index is 914. The average Bonchev–Trinajstić information content (AvgIpc) is 3.35. The highest BCUT2D eigenvalue weighted by molar-refractivity contribution is 5.93. The smallest absolute Gasteiger partial charge is 0.239 e. The molecule has 1 aromatic heterocycles. The molecule has 9 nitrogen and oxygen atoms in total. The molecule has 3 amide bonds. The Labute approximate surface area is 193 Å². The molecule has 1 fully saturated rings. The minimum absolute atomic E-state index is 0.00283. The van der Waals surface area contributed by atoms with E-state index in [-0.39, 0.29) is 43.2 Å². The largest absolute Gasteiger partial charge is 0.497 e. The van der Waals surface area contributed by atoms with E-state index in [1.54, 1.807) is 31.5 Å². The summed E-state index contributed by atoms with van der Waals surface area (Å²) >= 11 is 0. The van der Waals surface area contributed by atoms with E-state index in [1.165, 1.54) is 4.90 Å². The third-order valence-corrected chi connectivity index (χ3v) is 5.28. The second-order valence-corrected chi connectivity index (χ2v) is 7.80. The molecule has 0 aliphatic carbocycles. The Balaban J connectivity index is 1.50. The van der Waals surface area contributed by atoms with Crippen molar-refractivity contribution in [1.29, 1.82) is 0 Å². The Morgan fingerprint density at radius 2 is 1.94 bits per heavy atom. The third-order valence-electron chi connectivity index (χ3n) is 5.28. The zero-order chi connectivity index (χ0) is 23.5. The molecule has 176 valence electrons. The van der Waals surface area contributed by atoms with Gasteiger partial charge >= 0.3 is 0 Å². The standard InChI is InChI=1S/C24H30N4O5/c1-32-19-9-7-18(8-10-19)15-26-23(30)17-28(16-20-5-4-14-33-20)24(31)12-11-22(29)27-21-6-2-3-13-25-21/h2-3,6-10,13,20H,4-5,11-12,14-17H2,1H3,(H,26,30)(H,25,27,29)/t20-/m0/s1. The van der Waals surface area contributed by atoms with Crippen molar-refractivity contribution >= 4 is 23.5 Å². The summed E-state index contributed by atoms with van der Waals surface area (Å²) < 4.78 is 10.8. The van der Waals surface area contributed by atoms with Crippen LogP contribution in [-0.2, 0) is 25.7 Å². The lowest BCUT2D eigenvalue weighted by Gasteiger charge is -2.25. The van der Waals surface area contributed by atoms with E-state index >= 15 is 0 Å². The highest BCUT2D eigenvalue weighted by Crippen LogP contribution is 2.15. The molecule has 2 aromatic rings. The van der Waals surface area contributed by atoms with Gasteiger partial charge in [0.15, 0.2) is 0 Å². The molecule has 1 aromatic carbocycles. The van der Waals surface area contributed by atoms with Crippen LogP contribution >= 0.6 is 0 Å². The lowest BCUT2D eigenvalue weighted by Crippen LogP contribution is -2.44. The molecule has 1 atom stereocenters. The molecule has 0 spiro atoms. The van der Waals surface area contributed by atoms with E-state index in [4.69, 9.17) is 9.47 Å². The van der Waals surface area contributed by atoms with E-state index in [1.807, 2.05) is 24.3 Å². The van der Waals surface area contributed by atoms with Crippen molar-refractivity contribution in [2.75, 3.05) is 32.1 Å². The number of pyridine rings is 1. The number of anilines is 1. The van der Waals surface area contributed by atoms with Crippen LogP contribution in [0.25, 0.3) is 0 Å². The normalized spacial score (nSPS) is 15.0. The number of methoxy groups -OCH3 is 1. The maximum Gasteiger partial charge on any atom is 0.239 e. The number of carbonyl (C=O) groups is 3. The van der Waals surface area contributed by atoms with Gasteiger partial charge in [0.1, 0.15) is 11.6 Å². The van der Waals surface area contributed by atoms with Crippen LogP contribution in [0.5, 0.6) is 5.75 Å². The lowest BCUT2D eigenvalue weighted by atomic mass is 10.2. The predicted molar refractivity (Wildman–Crippen MR) is 122 cm³/mol. The summed E-state index contributed by atoms with van der Waals surface area (Å²) in [4.78, 5) is 43.1. The summed E-state index contributed by atoms with van der Waals surface area (Å²) in [6, 6.07) is 12.6. The van der Waals surface area contributed by atoms with Crippen molar-refractivity contribution in [2.24, 2.45) is 0 Å². The molecule has 0 unspecified atom stereocenters. The Morgan fingerprint density at radius 3 is 2.61 bits per heavy atom. The van der Waals surface area contributed by atoms with Gasteiger partial charge in [0.05, 0.1) is 19.8 Å². The fourth-order valence-corrected chi connectivity index (χ4v) is 3.48. The van der Waals surface area contributed by atoms with Crippen molar-refractivity contribution in [3.8, 4) is 5.75 Å². The van der Waals surface area contributed by atoms with Crippen molar-refractivity contribution in [3.63, 3.8) is 0 Å². The first-order valence-electron chi connectivity index (χ1n) is 11.0. The predicted octanol–water partition coefficient (Wildman–Crippen LogP) is 2.13. The van der Waals surface area contributed by atoms with Crippen molar-refractivity contribution < 1.29 is 23.9 Å². The van der Waals surface area contributed by atoms with Crippen LogP contribution in [0.3, 0.4) is 0 Å². The second-order valence-electron chi connectivity index (χ2n) is 7.80. The number of aromatic nitrogens is 1. The summed E-state index contributed by atoms with van der Waals surface area (Å²) in [6.07, 6.45) is 3.27. The molecular weight excluding hydrogens is 424 g/mol. The second kappa shape index (κ2) is 12.5. The maximum absolute atomic E-state index is 12.8. The van der Waals surface area contributed by atoms with Crippen molar-refractivity contribution in [1.82, 2.24) is 15.2 Å². The molecule has 0 saturated carbocycles. The molecule has 1 aliphatic heterocycles. The number of nitrogens with zero attached hydrogens (tertiary/aromatic N) is 2. The van der Waals surface area contributed by atoms with Gasteiger partial charge in [-0.1, -0.05) is 18.2 Å². The molecule has 0 bridgehead atoms.